The molecule has 1 atom stereocenters. The Labute approximate surface area is 188 Å². The lowest BCUT2D eigenvalue weighted by Crippen LogP contribution is -2.44. The first-order valence-corrected chi connectivity index (χ1v) is 11.0. The average Bonchev–Trinajstić information content (AvgIpc) is 3.18. The van der Waals surface area contributed by atoms with Gasteiger partial charge in [0.1, 0.15) is 0 Å². The highest BCUT2D eigenvalue weighted by Gasteiger charge is 2.21. The van der Waals surface area contributed by atoms with Crippen molar-refractivity contribution in [2.45, 2.75) is 31.7 Å². The van der Waals surface area contributed by atoms with Crippen molar-refractivity contribution in [2.75, 3.05) is 18.0 Å². The van der Waals surface area contributed by atoms with E-state index in [0.717, 1.165) is 29.9 Å². The second kappa shape index (κ2) is 10.4. The number of nitrogens with one attached hydrogen (secondary N) is 2. The van der Waals surface area contributed by atoms with Crippen LogP contribution in [0.1, 0.15) is 45.7 Å². The van der Waals surface area contributed by atoms with Crippen LogP contribution >= 0.6 is 22.9 Å². The molecule has 3 rings (SSSR count). The molecular formula is C21H22ClN3O5S. The number of halogens is 1. The number of thiophene rings is 1. The predicted molar refractivity (Wildman–Crippen MR) is 118 cm³/mol. The van der Waals surface area contributed by atoms with Crippen LogP contribution in [0.2, 0.25) is 4.34 Å². The second-order valence-electron chi connectivity index (χ2n) is 7.13. The molecule has 3 amide bonds. The molecule has 0 bridgehead atoms. The van der Waals surface area contributed by atoms with Crippen molar-refractivity contribution in [3.63, 3.8) is 0 Å². The number of carboxylic acids is 1. The molecule has 8 nitrogen and oxygen atoms in total. The molecule has 1 aliphatic rings. The Hall–Kier alpha value is -2.91. The number of carboxylic acid groups (broad SMARTS) is 1. The molecule has 1 fully saturated rings. The van der Waals surface area contributed by atoms with Crippen molar-refractivity contribution in [1.29, 1.82) is 0 Å². The van der Waals surface area contributed by atoms with Gasteiger partial charge in [0, 0.05) is 30.8 Å². The van der Waals surface area contributed by atoms with Crippen molar-refractivity contribution in [3.05, 3.63) is 51.2 Å². The van der Waals surface area contributed by atoms with Gasteiger partial charge in [-0.05, 0) is 49.2 Å². The van der Waals surface area contributed by atoms with Crippen molar-refractivity contribution in [3.8, 4) is 0 Å². The topological polar surface area (TPSA) is 116 Å². The molecule has 31 heavy (non-hydrogen) atoms. The minimum atomic E-state index is -1.10. The van der Waals surface area contributed by atoms with E-state index >= 15 is 0 Å². The standard InChI is InChI=1S/C21H22ClN3O5S/c22-17-9-8-16(31-17)21(30)24-14(11-19(27)28)12-23-20(29)13-4-6-15(7-5-13)25-10-2-1-3-18(25)26/h4-9,14H,1-3,10-12H2,(H,23,29)(H,24,30)(H,27,28). The van der Waals surface area contributed by atoms with E-state index in [2.05, 4.69) is 10.6 Å². The van der Waals surface area contributed by atoms with Gasteiger partial charge < -0.3 is 20.6 Å². The molecule has 2 aromatic rings. The molecule has 164 valence electrons. The fourth-order valence-electron chi connectivity index (χ4n) is 3.27. The summed E-state index contributed by atoms with van der Waals surface area (Å²) < 4.78 is 0.447. The summed E-state index contributed by atoms with van der Waals surface area (Å²) in [4.78, 5) is 50.0. The van der Waals surface area contributed by atoms with Crippen LogP contribution in [0.3, 0.4) is 0 Å². The fraction of sp³-hybridized carbons (Fsp3) is 0.333. The number of rotatable bonds is 8. The quantitative estimate of drug-likeness (QED) is 0.556. The maximum Gasteiger partial charge on any atom is 0.305 e. The highest BCUT2D eigenvalue weighted by molar-refractivity contribution is 7.18. The number of hydrogen-bond acceptors (Lipinski definition) is 5. The van der Waals surface area contributed by atoms with Crippen LogP contribution in [0, 0.1) is 0 Å². The molecule has 3 N–H and O–H groups in total. The lowest BCUT2D eigenvalue weighted by atomic mass is 10.1. The largest absolute Gasteiger partial charge is 0.481 e. The smallest absolute Gasteiger partial charge is 0.305 e. The maximum atomic E-state index is 12.5. The van der Waals surface area contributed by atoms with Crippen LogP contribution in [0.4, 0.5) is 5.69 Å². The zero-order valence-corrected chi connectivity index (χ0v) is 18.2. The van der Waals surface area contributed by atoms with Gasteiger partial charge in [-0.1, -0.05) is 11.6 Å². The van der Waals surface area contributed by atoms with Crippen molar-refractivity contribution in [2.24, 2.45) is 0 Å². The number of anilines is 1. The number of piperidine rings is 1. The van der Waals surface area contributed by atoms with Gasteiger partial charge in [0.25, 0.3) is 11.8 Å². The number of aliphatic carboxylic acids is 1. The van der Waals surface area contributed by atoms with Crippen LogP contribution in [-0.4, -0.2) is 47.9 Å². The van der Waals surface area contributed by atoms with Crippen LogP contribution < -0.4 is 15.5 Å². The zero-order chi connectivity index (χ0) is 22.4. The minimum Gasteiger partial charge on any atom is -0.481 e. The van der Waals surface area contributed by atoms with E-state index in [1.165, 1.54) is 0 Å². The summed E-state index contributed by atoms with van der Waals surface area (Å²) in [5.41, 5.74) is 1.12. The maximum absolute atomic E-state index is 12.5. The SMILES string of the molecule is O=C(O)CC(CNC(=O)c1ccc(N2CCCCC2=O)cc1)NC(=O)c1ccc(Cl)s1. The molecule has 2 heterocycles. The third-order valence-electron chi connectivity index (χ3n) is 4.83. The summed E-state index contributed by atoms with van der Waals surface area (Å²) in [6, 6.07) is 9.00. The molecule has 1 aromatic heterocycles. The van der Waals surface area contributed by atoms with Gasteiger partial charge in [0.05, 0.1) is 21.7 Å². The van der Waals surface area contributed by atoms with Crippen LogP contribution in [0.15, 0.2) is 36.4 Å². The van der Waals surface area contributed by atoms with Gasteiger partial charge in [-0.3, -0.25) is 19.2 Å². The minimum absolute atomic E-state index is 0.0532. The van der Waals surface area contributed by atoms with Gasteiger partial charge in [-0.2, -0.15) is 0 Å². The summed E-state index contributed by atoms with van der Waals surface area (Å²) in [6.45, 7) is 0.610. The van der Waals surface area contributed by atoms with E-state index in [9.17, 15) is 19.2 Å². The van der Waals surface area contributed by atoms with E-state index in [-0.39, 0.29) is 18.9 Å². The zero-order valence-electron chi connectivity index (χ0n) is 16.6. The molecule has 1 aliphatic heterocycles. The molecule has 0 saturated carbocycles. The summed E-state index contributed by atoms with van der Waals surface area (Å²) in [7, 11) is 0. The average molecular weight is 464 g/mol. The van der Waals surface area contributed by atoms with E-state index in [0.29, 0.717) is 27.7 Å². The number of benzene rings is 1. The number of amides is 3. The molecule has 1 unspecified atom stereocenters. The van der Waals surface area contributed by atoms with E-state index < -0.39 is 23.8 Å². The Morgan fingerprint density at radius 3 is 2.45 bits per heavy atom. The number of nitrogens with zero attached hydrogens (tertiary/aromatic N) is 1. The van der Waals surface area contributed by atoms with Crippen LogP contribution in [-0.2, 0) is 9.59 Å². The Morgan fingerprint density at radius 1 is 1.10 bits per heavy atom. The first-order valence-electron chi connectivity index (χ1n) is 9.80. The van der Waals surface area contributed by atoms with Gasteiger partial charge in [0.2, 0.25) is 5.91 Å². The first-order chi connectivity index (χ1) is 14.8. The molecule has 1 aromatic carbocycles. The third kappa shape index (κ3) is 6.28. The lowest BCUT2D eigenvalue weighted by molar-refractivity contribution is -0.137. The van der Waals surface area contributed by atoms with Crippen molar-refractivity contribution >= 4 is 52.3 Å². The second-order valence-corrected chi connectivity index (χ2v) is 8.85. The number of hydrogen-bond donors (Lipinski definition) is 3. The highest BCUT2D eigenvalue weighted by Crippen LogP contribution is 2.22. The summed E-state index contributed by atoms with van der Waals surface area (Å²) in [5, 5.41) is 14.4. The normalized spacial score (nSPS) is 14.7. The molecule has 0 spiro atoms. The summed E-state index contributed by atoms with van der Waals surface area (Å²) in [5.74, 6) is -1.88. The van der Waals surface area contributed by atoms with E-state index in [1.54, 1.807) is 41.3 Å². The van der Waals surface area contributed by atoms with Crippen molar-refractivity contribution < 1.29 is 24.3 Å². The highest BCUT2D eigenvalue weighted by atomic mass is 35.5. The molecule has 1 saturated heterocycles. The van der Waals surface area contributed by atoms with Gasteiger partial charge in [-0.15, -0.1) is 11.3 Å². The fourth-order valence-corrected chi connectivity index (χ4v) is 4.21. The van der Waals surface area contributed by atoms with Crippen molar-refractivity contribution in [1.82, 2.24) is 10.6 Å². The van der Waals surface area contributed by atoms with Crippen LogP contribution in [0.25, 0.3) is 0 Å². The Balaban J connectivity index is 1.58. The monoisotopic (exact) mass is 463 g/mol. The van der Waals surface area contributed by atoms with Gasteiger partial charge in [-0.25, -0.2) is 0 Å². The van der Waals surface area contributed by atoms with Gasteiger partial charge in [0.15, 0.2) is 0 Å². The van der Waals surface area contributed by atoms with Crippen LogP contribution in [0.5, 0.6) is 0 Å². The van der Waals surface area contributed by atoms with E-state index in [1.807, 2.05) is 0 Å². The molecule has 0 aliphatic carbocycles. The third-order valence-corrected chi connectivity index (χ3v) is 6.06. The number of carbonyl (C=O) groups is 4. The molecule has 0 radical (unpaired) electrons. The molecule has 10 heteroatoms. The Kier molecular flexibility index (Phi) is 7.64. The number of carbonyl (C=O) groups excluding carboxylic acids is 3. The predicted octanol–water partition coefficient (Wildman–Crippen LogP) is 2.92. The molecular weight excluding hydrogens is 442 g/mol. The summed E-state index contributed by atoms with van der Waals surface area (Å²) in [6.07, 6.45) is 2.02. The Bertz CT molecular complexity index is 976. The Morgan fingerprint density at radius 2 is 1.84 bits per heavy atom. The van der Waals surface area contributed by atoms with Gasteiger partial charge >= 0.3 is 5.97 Å². The van der Waals surface area contributed by atoms with E-state index in [4.69, 9.17) is 16.7 Å². The first kappa shape index (κ1) is 22.8. The summed E-state index contributed by atoms with van der Waals surface area (Å²) >= 11 is 6.91. The lowest BCUT2D eigenvalue weighted by Gasteiger charge is -2.26.